The van der Waals surface area contributed by atoms with Crippen molar-refractivity contribution in [2.75, 3.05) is 13.7 Å². The standard InChI is InChI=1S/C37H50N6O9S/c1-21-11-7-8-12-23-19-37(23,34(46)42-53(48,49)25-15-16-25)39-30(44)28-18-24(51-32-27-14-10-9-13-26(27)31(50-6)40-41-32)20-43(28)33(45)29(22(2)17-21)38-35(47)52-36(3,4)5/h8-10,12-14,21-25,28-29H,7,11,15-20H2,1-6H3,(H,38,47)(H,39,44)(H,42,46). The first-order valence-corrected chi connectivity index (χ1v) is 19.9. The Morgan fingerprint density at radius 3 is 2.36 bits per heavy atom. The fourth-order valence-electron chi connectivity index (χ4n) is 7.38. The third-order valence-corrected chi connectivity index (χ3v) is 12.2. The largest absolute Gasteiger partial charge is 0.479 e. The molecule has 1 aromatic heterocycles. The number of hydrogen-bond donors (Lipinski definition) is 3. The summed E-state index contributed by atoms with van der Waals surface area (Å²) in [6.45, 7) is 9.09. The smallest absolute Gasteiger partial charge is 0.408 e. The van der Waals surface area contributed by atoms with Crippen molar-refractivity contribution in [3.8, 4) is 11.8 Å². The van der Waals surface area contributed by atoms with Gasteiger partial charge < -0.3 is 29.7 Å². The Bertz CT molecular complexity index is 1890. The van der Waals surface area contributed by atoms with Gasteiger partial charge in [-0.3, -0.25) is 19.1 Å². The highest BCUT2D eigenvalue weighted by Gasteiger charge is 2.62. The van der Waals surface area contributed by atoms with Gasteiger partial charge in [0.1, 0.15) is 29.3 Å². The number of allylic oxidation sites excluding steroid dienone is 1. The molecule has 2 aliphatic carbocycles. The molecule has 7 unspecified atom stereocenters. The topological polar surface area (TPSA) is 195 Å². The highest BCUT2D eigenvalue weighted by Crippen LogP contribution is 2.46. The molecule has 7 atom stereocenters. The number of amides is 4. The predicted octanol–water partition coefficient (Wildman–Crippen LogP) is 3.38. The third kappa shape index (κ3) is 8.52. The zero-order chi connectivity index (χ0) is 38.3. The van der Waals surface area contributed by atoms with Gasteiger partial charge in [-0.2, -0.15) is 0 Å². The lowest BCUT2D eigenvalue weighted by atomic mass is 9.88. The van der Waals surface area contributed by atoms with Crippen LogP contribution in [-0.2, 0) is 29.1 Å². The van der Waals surface area contributed by atoms with Crippen molar-refractivity contribution in [2.24, 2.45) is 17.8 Å². The van der Waals surface area contributed by atoms with Crippen molar-refractivity contribution in [1.29, 1.82) is 0 Å². The van der Waals surface area contributed by atoms with Crippen LogP contribution in [0.5, 0.6) is 11.8 Å². The number of fused-ring (bicyclic) bond motifs is 3. The summed E-state index contributed by atoms with van der Waals surface area (Å²) < 4.78 is 45.2. The molecule has 1 saturated heterocycles. The second-order valence-electron chi connectivity index (χ2n) is 15.9. The lowest BCUT2D eigenvalue weighted by Crippen LogP contribution is -2.59. The van der Waals surface area contributed by atoms with Crippen LogP contribution in [-0.4, -0.2) is 95.6 Å². The van der Waals surface area contributed by atoms with Crippen LogP contribution in [0.15, 0.2) is 36.4 Å². The van der Waals surface area contributed by atoms with Gasteiger partial charge in [-0.1, -0.05) is 38.1 Å². The predicted molar refractivity (Wildman–Crippen MR) is 194 cm³/mol. The van der Waals surface area contributed by atoms with E-state index in [2.05, 4.69) is 32.5 Å². The number of carbonyl (C=O) groups is 4. The molecule has 4 amide bonds. The molecule has 3 heterocycles. The van der Waals surface area contributed by atoms with Crippen LogP contribution in [0.3, 0.4) is 0 Å². The van der Waals surface area contributed by atoms with E-state index in [-0.39, 0.29) is 37.1 Å². The van der Waals surface area contributed by atoms with Crippen molar-refractivity contribution < 1.29 is 41.8 Å². The monoisotopic (exact) mass is 754 g/mol. The van der Waals surface area contributed by atoms with Crippen LogP contribution in [0, 0.1) is 17.8 Å². The van der Waals surface area contributed by atoms with E-state index in [1.807, 2.05) is 37.3 Å². The van der Waals surface area contributed by atoms with Crippen LogP contribution in [0.2, 0.25) is 0 Å². The lowest BCUT2D eigenvalue weighted by Gasteiger charge is -2.33. The van der Waals surface area contributed by atoms with Gasteiger partial charge in [0.05, 0.1) is 29.7 Å². The van der Waals surface area contributed by atoms with Gasteiger partial charge >= 0.3 is 6.09 Å². The fourth-order valence-corrected chi connectivity index (χ4v) is 8.75. The van der Waals surface area contributed by atoms with Gasteiger partial charge in [-0.15, -0.1) is 10.2 Å². The van der Waals surface area contributed by atoms with Gasteiger partial charge in [0.15, 0.2) is 0 Å². The molecule has 288 valence electrons. The van der Waals surface area contributed by atoms with Crippen molar-refractivity contribution in [2.45, 2.75) is 114 Å². The Kier molecular flexibility index (Phi) is 10.6. The molecule has 4 aliphatic rings. The Balaban J connectivity index is 1.35. The highest BCUT2D eigenvalue weighted by molar-refractivity contribution is 7.91. The van der Waals surface area contributed by atoms with Gasteiger partial charge in [-0.05, 0) is 83.3 Å². The first kappa shape index (κ1) is 38.3. The number of sulfonamides is 1. The number of aromatic nitrogens is 2. The van der Waals surface area contributed by atoms with Crippen LogP contribution in [0.25, 0.3) is 10.8 Å². The Hall–Kier alpha value is -4.47. The maximum Gasteiger partial charge on any atom is 0.408 e. The molecule has 6 rings (SSSR count). The molecule has 2 aliphatic heterocycles. The number of carbonyl (C=O) groups excluding carboxylic acids is 4. The molecule has 2 aromatic rings. The number of nitrogens with one attached hydrogen (secondary N) is 3. The zero-order valence-electron chi connectivity index (χ0n) is 31.1. The summed E-state index contributed by atoms with van der Waals surface area (Å²) in [4.78, 5) is 57.4. The average molecular weight is 755 g/mol. The van der Waals surface area contributed by atoms with Crippen molar-refractivity contribution >= 4 is 44.6 Å². The summed E-state index contributed by atoms with van der Waals surface area (Å²) >= 11 is 0. The number of alkyl carbamates (subject to hydrolysis) is 1. The van der Waals surface area contributed by atoms with E-state index in [1.165, 1.54) is 12.0 Å². The summed E-state index contributed by atoms with van der Waals surface area (Å²) in [5.74, 6) is -2.11. The second-order valence-corrected chi connectivity index (χ2v) is 17.9. The van der Waals surface area contributed by atoms with E-state index in [0.29, 0.717) is 42.3 Å². The Morgan fingerprint density at radius 1 is 1.02 bits per heavy atom. The van der Waals surface area contributed by atoms with E-state index in [1.54, 1.807) is 26.8 Å². The van der Waals surface area contributed by atoms with E-state index in [4.69, 9.17) is 14.2 Å². The van der Waals surface area contributed by atoms with Gasteiger partial charge in [0.25, 0.3) is 5.91 Å². The Morgan fingerprint density at radius 2 is 1.70 bits per heavy atom. The molecule has 0 radical (unpaired) electrons. The molecule has 3 N–H and O–H groups in total. The van der Waals surface area contributed by atoms with Crippen LogP contribution < -0.4 is 24.8 Å². The lowest BCUT2D eigenvalue weighted by molar-refractivity contribution is -0.142. The minimum Gasteiger partial charge on any atom is -0.479 e. The van der Waals surface area contributed by atoms with Crippen LogP contribution >= 0.6 is 0 Å². The number of methoxy groups -OCH3 is 1. The van der Waals surface area contributed by atoms with Gasteiger partial charge in [0.2, 0.25) is 33.6 Å². The third-order valence-electron chi connectivity index (χ3n) is 10.4. The number of rotatable bonds is 7. The minimum absolute atomic E-state index is 0.0160. The molecule has 15 nitrogen and oxygen atoms in total. The highest BCUT2D eigenvalue weighted by atomic mass is 32.2. The maximum atomic E-state index is 14.7. The van der Waals surface area contributed by atoms with E-state index in [0.717, 1.165) is 6.42 Å². The molecule has 2 saturated carbocycles. The normalized spacial score (nSPS) is 29.5. The molecule has 16 heteroatoms. The first-order valence-electron chi connectivity index (χ1n) is 18.3. The Labute approximate surface area is 310 Å². The summed E-state index contributed by atoms with van der Waals surface area (Å²) in [5, 5.41) is 14.7. The molecule has 53 heavy (non-hydrogen) atoms. The summed E-state index contributed by atoms with van der Waals surface area (Å²) in [5.41, 5.74) is -2.34. The van der Waals surface area contributed by atoms with E-state index in [9.17, 15) is 27.6 Å². The van der Waals surface area contributed by atoms with E-state index >= 15 is 0 Å². The molecule has 3 fully saturated rings. The van der Waals surface area contributed by atoms with E-state index < -0.39 is 74.3 Å². The minimum atomic E-state index is -3.90. The number of hydrogen-bond acceptors (Lipinski definition) is 11. The van der Waals surface area contributed by atoms with Gasteiger partial charge in [-0.25, -0.2) is 13.2 Å². The summed E-state index contributed by atoms with van der Waals surface area (Å²) in [6.07, 6.45) is 5.48. The van der Waals surface area contributed by atoms with Crippen molar-refractivity contribution in [1.82, 2.24) is 30.5 Å². The number of benzene rings is 1. The molecule has 0 bridgehead atoms. The van der Waals surface area contributed by atoms with Crippen molar-refractivity contribution in [3.05, 3.63) is 36.4 Å². The van der Waals surface area contributed by atoms with Crippen molar-refractivity contribution in [3.63, 3.8) is 0 Å². The zero-order valence-corrected chi connectivity index (χ0v) is 31.9. The number of ether oxygens (including phenoxy) is 3. The molecular weight excluding hydrogens is 705 g/mol. The second kappa shape index (κ2) is 14.7. The van der Waals surface area contributed by atoms with Crippen LogP contribution in [0.4, 0.5) is 4.79 Å². The average Bonchev–Trinajstić information content (AvgIpc) is 4.01. The van der Waals surface area contributed by atoms with Gasteiger partial charge in [0, 0.05) is 12.3 Å². The van der Waals surface area contributed by atoms with Crippen LogP contribution in [0.1, 0.15) is 79.6 Å². The summed E-state index contributed by atoms with van der Waals surface area (Å²) in [7, 11) is -2.41. The first-order chi connectivity index (χ1) is 25.0. The maximum absolute atomic E-state index is 14.7. The molecule has 0 spiro atoms. The molecule has 1 aromatic carbocycles. The molecular formula is C37H50N6O9S. The fraction of sp³-hybridized carbons (Fsp3) is 0.622. The summed E-state index contributed by atoms with van der Waals surface area (Å²) in [6, 6.07) is 5.06. The number of nitrogens with zero attached hydrogens (tertiary/aromatic N) is 3. The SMILES string of the molecule is COc1nnc(OC2CC3C(=O)NC4(C(=O)NS(=O)(=O)C5CC5)CC4C=CCCC(C)CC(C)C(NC(=O)OC(C)(C)C)C(=O)N3C2)c2ccccc12. The quantitative estimate of drug-likeness (QED) is 0.351.